The molecule has 21 heavy (non-hydrogen) atoms. The highest BCUT2D eigenvalue weighted by Gasteiger charge is 2.27. The van der Waals surface area contributed by atoms with Gasteiger partial charge in [0, 0.05) is 24.4 Å². The van der Waals surface area contributed by atoms with Crippen LogP contribution in [-0.2, 0) is 6.54 Å². The Bertz CT molecular complexity index is 735. The molecule has 0 N–H and O–H groups in total. The molecule has 0 radical (unpaired) electrons. The maximum atomic E-state index is 5.45. The van der Waals surface area contributed by atoms with Gasteiger partial charge < -0.3 is 4.52 Å². The second-order valence-corrected chi connectivity index (χ2v) is 5.77. The van der Waals surface area contributed by atoms with Gasteiger partial charge in [-0.25, -0.2) is 0 Å². The first-order valence-corrected chi connectivity index (χ1v) is 7.51. The lowest BCUT2D eigenvalue weighted by atomic mass is 10.0. The highest BCUT2D eigenvalue weighted by molar-refractivity contribution is 5.79. The standard InChI is InChI=1S/C18H18N2O/c1-2-6-14(7-3-1)12-20-11-10-15(13-20)18-16-8-4-5-9-17(16)21-19-18/h1-9,15H,10-13H2. The van der Waals surface area contributed by atoms with Crippen molar-refractivity contribution in [2.45, 2.75) is 18.9 Å². The Morgan fingerprint density at radius 2 is 1.86 bits per heavy atom. The van der Waals surface area contributed by atoms with E-state index < -0.39 is 0 Å². The summed E-state index contributed by atoms with van der Waals surface area (Å²) in [6.45, 7) is 3.21. The van der Waals surface area contributed by atoms with Crippen LogP contribution in [0.25, 0.3) is 11.0 Å². The van der Waals surface area contributed by atoms with E-state index in [-0.39, 0.29) is 0 Å². The predicted molar refractivity (Wildman–Crippen MR) is 83.1 cm³/mol. The molecule has 1 aliphatic rings. The van der Waals surface area contributed by atoms with Gasteiger partial charge in [0.25, 0.3) is 0 Å². The van der Waals surface area contributed by atoms with Crippen LogP contribution in [0.1, 0.15) is 23.6 Å². The second kappa shape index (κ2) is 5.34. The van der Waals surface area contributed by atoms with Gasteiger partial charge in [0.05, 0.1) is 5.69 Å². The summed E-state index contributed by atoms with van der Waals surface area (Å²) in [6, 6.07) is 18.8. The first kappa shape index (κ1) is 12.6. The zero-order chi connectivity index (χ0) is 14.1. The molecular formula is C18H18N2O. The van der Waals surface area contributed by atoms with E-state index in [4.69, 9.17) is 4.52 Å². The van der Waals surface area contributed by atoms with E-state index in [9.17, 15) is 0 Å². The van der Waals surface area contributed by atoms with Gasteiger partial charge >= 0.3 is 0 Å². The second-order valence-electron chi connectivity index (χ2n) is 5.77. The van der Waals surface area contributed by atoms with E-state index >= 15 is 0 Å². The molecule has 2 aromatic carbocycles. The lowest BCUT2D eigenvalue weighted by Crippen LogP contribution is -2.19. The molecule has 0 spiro atoms. The minimum Gasteiger partial charge on any atom is -0.356 e. The summed E-state index contributed by atoms with van der Waals surface area (Å²) in [6.07, 6.45) is 1.16. The number of fused-ring (bicyclic) bond motifs is 1. The first-order chi connectivity index (χ1) is 10.4. The molecule has 1 atom stereocenters. The quantitative estimate of drug-likeness (QED) is 0.729. The average Bonchev–Trinajstić information content (AvgIpc) is 3.14. The van der Waals surface area contributed by atoms with Crippen LogP contribution in [0.3, 0.4) is 0 Å². The summed E-state index contributed by atoms with van der Waals surface area (Å²) in [5.41, 5.74) is 3.40. The summed E-state index contributed by atoms with van der Waals surface area (Å²) in [5.74, 6) is 0.484. The van der Waals surface area contributed by atoms with E-state index in [2.05, 4.69) is 52.5 Å². The molecule has 0 bridgehead atoms. The molecule has 1 aliphatic heterocycles. The van der Waals surface area contributed by atoms with Gasteiger partial charge in [-0.15, -0.1) is 0 Å². The Morgan fingerprint density at radius 3 is 2.76 bits per heavy atom. The smallest absolute Gasteiger partial charge is 0.167 e. The minimum absolute atomic E-state index is 0.484. The molecule has 3 aromatic rings. The van der Waals surface area contributed by atoms with Gasteiger partial charge in [-0.3, -0.25) is 4.90 Å². The van der Waals surface area contributed by atoms with Crippen molar-refractivity contribution in [3.63, 3.8) is 0 Å². The van der Waals surface area contributed by atoms with Crippen LogP contribution >= 0.6 is 0 Å². The molecule has 1 fully saturated rings. The molecule has 4 rings (SSSR count). The maximum Gasteiger partial charge on any atom is 0.167 e. The third-order valence-electron chi connectivity index (χ3n) is 4.31. The van der Waals surface area contributed by atoms with Gasteiger partial charge in [0.15, 0.2) is 5.58 Å². The molecule has 1 unspecified atom stereocenters. The number of para-hydroxylation sites is 1. The lowest BCUT2D eigenvalue weighted by Gasteiger charge is -2.15. The third-order valence-corrected chi connectivity index (χ3v) is 4.31. The molecule has 3 heteroatoms. The van der Waals surface area contributed by atoms with Crippen LogP contribution < -0.4 is 0 Å². The largest absolute Gasteiger partial charge is 0.356 e. The summed E-state index contributed by atoms with van der Waals surface area (Å²) in [7, 11) is 0. The minimum atomic E-state index is 0.484. The molecule has 1 saturated heterocycles. The zero-order valence-electron chi connectivity index (χ0n) is 11.9. The fourth-order valence-electron chi connectivity index (χ4n) is 3.24. The number of aromatic nitrogens is 1. The lowest BCUT2D eigenvalue weighted by molar-refractivity contribution is 0.325. The molecule has 3 nitrogen and oxygen atoms in total. The molecule has 1 aromatic heterocycles. The Kier molecular flexibility index (Phi) is 3.20. The zero-order valence-corrected chi connectivity index (χ0v) is 11.9. The van der Waals surface area contributed by atoms with E-state index in [1.165, 1.54) is 10.9 Å². The van der Waals surface area contributed by atoms with Crippen LogP contribution in [0.5, 0.6) is 0 Å². The molecule has 2 heterocycles. The monoisotopic (exact) mass is 278 g/mol. The van der Waals surface area contributed by atoms with Crippen molar-refractivity contribution in [3.05, 3.63) is 65.9 Å². The Morgan fingerprint density at radius 1 is 1.05 bits per heavy atom. The third kappa shape index (κ3) is 2.45. The van der Waals surface area contributed by atoms with Crippen molar-refractivity contribution in [2.24, 2.45) is 0 Å². The topological polar surface area (TPSA) is 29.3 Å². The molecule has 0 aliphatic carbocycles. The van der Waals surface area contributed by atoms with Crippen LogP contribution in [0.4, 0.5) is 0 Å². The average molecular weight is 278 g/mol. The number of rotatable bonds is 3. The summed E-state index contributed by atoms with van der Waals surface area (Å²) in [4.78, 5) is 2.50. The van der Waals surface area contributed by atoms with Crippen LogP contribution in [0.15, 0.2) is 59.1 Å². The SMILES string of the molecule is c1ccc(CN2CCC(c3noc4ccccc34)C2)cc1. The van der Waals surface area contributed by atoms with Gasteiger partial charge in [0.1, 0.15) is 0 Å². The van der Waals surface area contributed by atoms with Crippen molar-refractivity contribution in [1.82, 2.24) is 10.1 Å². The van der Waals surface area contributed by atoms with Gasteiger partial charge in [-0.2, -0.15) is 0 Å². The maximum absolute atomic E-state index is 5.45. The van der Waals surface area contributed by atoms with E-state index in [0.29, 0.717) is 5.92 Å². The fraction of sp³-hybridized carbons (Fsp3) is 0.278. The van der Waals surface area contributed by atoms with Crippen LogP contribution in [-0.4, -0.2) is 23.1 Å². The molecule has 0 saturated carbocycles. The highest BCUT2D eigenvalue weighted by Crippen LogP contribution is 2.32. The molecular weight excluding hydrogens is 260 g/mol. The van der Waals surface area contributed by atoms with Gasteiger partial charge in [-0.05, 0) is 30.7 Å². The fourth-order valence-corrected chi connectivity index (χ4v) is 3.24. The number of nitrogens with zero attached hydrogens (tertiary/aromatic N) is 2. The van der Waals surface area contributed by atoms with Crippen molar-refractivity contribution in [1.29, 1.82) is 0 Å². The van der Waals surface area contributed by atoms with Crippen molar-refractivity contribution < 1.29 is 4.52 Å². The van der Waals surface area contributed by atoms with Crippen molar-refractivity contribution in [3.8, 4) is 0 Å². The summed E-state index contributed by atoms with van der Waals surface area (Å²) < 4.78 is 5.45. The van der Waals surface area contributed by atoms with E-state index in [0.717, 1.165) is 37.3 Å². The van der Waals surface area contributed by atoms with Crippen LogP contribution in [0.2, 0.25) is 0 Å². The molecule has 0 amide bonds. The van der Waals surface area contributed by atoms with Crippen molar-refractivity contribution in [2.75, 3.05) is 13.1 Å². The van der Waals surface area contributed by atoms with E-state index in [1.807, 2.05) is 12.1 Å². The summed E-state index contributed by atoms with van der Waals surface area (Å²) in [5, 5.41) is 5.49. The Balaban J connectivity index is 1.51. The number of hydrogen-bond acceptors (Lipinski definition) is 3. The molecule has 106 valence electrons. The van der Waals surface area contributed by atoms with Gasteiger partial charge in [-0.1, -0.05) is 47.6 Å². The first-order valence-electron chi connectivity index (χ1n) is 7.51. The Labute approximate surface area is 124 Å². The van der Waals surface area contributed by atoms with Crippen molar-refractivity contribution >= 4 is 11.0 Å². The number of hydrogen-bond donors (Lipinski definition) is 0. The normalized spacial score (nSPS) is 19.3. The number of benzene rings is 2. The van der Waals surface area contributed by atoms with E-state index in [1.54, 1.807) is 0 Å². The predicted octanol–water partition coefficient (Wildman–Crippen LogP) is 3.82. The van der Waals surface area contributed by atoms with Gasteiger partial charge in [0.2, 0.25) is 0 Å². The highest BCUT2D eigenvalue weighted by atomic mass is 16.5. The Hall–Kier alpha value is -2.13. The number of likely N-dealkylation sites (tertiary alicyclic amines) is 1. The van der Waals surface area contributed by atoms with Crippen LogP contribution in [0, 0.1) is 0 Å². The summed E-state index contributed by atoms with van der Waals surface area (Å²) >= 11 is 0.